The van der Waals surface area contributed by atoms with E-state index < -0.39 is 6.17 Å². The molecular formula is C17H17N3O2. The van der Waals surface area contributed by atoms with Gasteiger partial charge >= 0.3 is 0 Å². The molecule has 2 amide bonds. The van der Waals surface area contributed by atoms with Crippen molar-refractivity contribution in [3.05, 3.63) is 65.7 Å². The van der Waals surface area contributed by atoms with Gasteiger partial charge in [0.2, 0.25) is 0 Å². The second kappa shape index (κ2) is 5.61. The highest BCUT2D eigenvalue weighted by Crippen LogP contribution is 2.26. The maximum Gasteiger partial charge on any atom is 0.264 e. The molecule has 0 spiro atoms. The van der Waals surface area contributed by atoms with Gasteiger partial charge in [0.05, 0.1) is 11.3 Å². The van der Waals surface area contributed by atoms with Crippen LogP contribution < -0.4 is 10.6 Å². The average molecular weight is 295 g/mol. The molecule has 0 aromatic heterocycles. The molecule has 0 radical (unpaired) electrons. The Labute approximate surface area is 128 Å². The number of amides is 2. The van der Waals surface area contributed by atoms with Crippen LogP contribution in [0.5, 0.6) is 0 Å². The zero-order valence-corrected chi connectivity index (χ0v) is 12.3. The highest BCUT2D eigenvalue weighted by Gasteiger charge is 2.35. The van der Waals surface area contributed by atoms with E-state index in [4.69, 9.17) is 5.73 Å². The van der Waals surface area contributed by atoms with Gasteiger partial charge in [-0.25, -0.2) is 0 Å². The molecule has 0 aliphatic carbocycles. The first-order chi connectivity index (χ1) is 10.6. The Morgan fingerprint density at radius 2 is 1.64 bits per heavy atom. The molecule has 5 nitrogen and oxygen atoms in total. The number of nitrogens with zero attached hydrogens (tertiary/aromatic N) is 2. The van der Waals surface area contributed by atoms with Crippen molar-refractivity contribution in [2.75, 3.05) is 11.9 Å². The molecule has 3 rings (SSSR count). The second-order valence-electron chi connectivity index (χ2n) is 5.28. The standard InChI is InChI=1S/C17H17N3O2/c1-19-14-10-6-5-9-13(14)16(21)20(15(18)17(19)22)11-12-7-3-2-4-8-12/h2-10,15H,11,18H2,1H3. The number of hydrogen-bond donors (Lipinski definition) is 1. The highest BCUT2D eigenvalue weighted by atomic mass is 16.2. The van der Waals surface area contributed by atoms with Gasteiger partial charge in [0.25, 0.3) is 11.8 Å². The Kier molecular flexibility index (Phi) is 3.65. The second-order valence-corrected chi connectivity index (χ2v) is 5.28. The van der Waals surface area contributed by atoms with E-state index in [0.717, 1.165) is 5.56 Å². The molecule has 0 bridgehead atoms. The van der Waals surface area contributed by atoms with Crippen LogP contribution in [0.4, 0.5) is 5.69 Å². The lowest BCUT2D eigenvalue weighted by Gasteiger charge is -2.26. The lowest BCUT2D eigenvalue weighted by atomic mass is 10.1. The van der Waals surface area contributed by atoms with Gasteiger partial charge < -0.3 is 15.5 Å². The number of benzene rings is 2. The minimum absolute atomic E-state index is 0.232. The average Bonchev–Trinajstić information content (AvgIpc) is 2.63. The van der Waals surface area contributed by atoms with Crippen molar-refractivity contribution in [1.82, 2.24) is 4.90 Å². The lowest BCUT2D eigenvalue weighted by molar-refractivity contribution is -0.122. The van der Waals surface area contributed by atoms with Crippen LogP contribution in [0.2, 0.25) is 0 Å². The molecule has 1 unspecified atom stereocenters. The van der Waals surface area contributed by atoms with Crippen molar-refractivity contribution in [1.29, 1.82) is 0 Å². The van der Waals surface area contributed by atoms with Crippen LogP contribution >= 0.6 is 0 Å². The first-order valence-electron chi connectivity index (χ1n) is 7.06. The lowest BCUT2D eigenvalue weighted by Crippen LogP contribution is -2.52. The fourth-order valence-corrected chi connectivity index (χ4v) is 2.63. The summed E-state index contributed by atoms with van der Waals surface area (Å²) in [5.74, 6) is -0.529. The number of anilines is 1. The van der Waals surface area contributed by atoms with Crippen molar-refractivity contribution >= 4 is 17.5 Å². The first kappa shape index (κ1) is 14.3. The van der Waals surface area contributed by atoms with Crippen molar-refractivity contribution < 1.29 is 9.59 Å². The minimum Gasteiger partial charge on any atom is -0.312 e. The molecule has 1 atom stereocenters. The molecule has 0 fully saturated rings. The third kappa shape index (κ3) is 2.35. The molecule has 1 aliphatic heterocycles. The van der Waals surface area contributed by atoms with Crippen LogP contribution in [0.15, 0.2) is 54.6 Å². The van der Waals surface area contributed by atoms with Gasteiger partial charge in [0.15, 0.2) is 6.17 Å². The molecule has 112 valence electrons. The summed E-state index contributed by atoms with van der Waals surface area (Å²) in [4.78, 5) is 28.1. The summed E-state index contributed by atoms with van der Waals surface area (Å²) in [6.45, 7) is 0.300. The minimum atomic E-state index is -0.995. The van der Waals surface area contributed by atoms with Gasteiger partial charge in [-0.2, -0.15) is 0 Å². The smallest absolute Gasteiger partial charge is 0.264 e. The summed E-state index contributed by atoms with van der Waals surface area (Å²) >= 11 is 0. The maximum absolute atomic E-state index is 12.8. The summed E-state index contributed by atoms with van der Waals surface area (Å²) < 4.78 is 0. The van der Waals surface area contributed by atoms with Gasteiger partial charge in [-0.05, 0) is 17.7 Å². The quantitative estimate of drug-likeness (QED) is 0.915. The molecular weight excluding hydrogens is 278 g/mol. The number of para-hydroxylation sites is 1. The molecule has 1 aliphatic rings. The predicted molar refractivity (Wildman–Crippen MR) is 84.1 cm³/mol. The number of carbonyl (C=O) groups excluding carboxylic acids is 2. The third-order valence-electron chi connectivity index (χ3n) is 3.87. The van der Waals surface area contributed by atoms with Crippen LogP contribution in [0.25, 0.3) is 0 Å². The van der Waals surface area contributed by atoms with Crippen molar-refractivity contribution in [2.24, 2.45) is 5.73 Å². The number of likely N-dealkylation sites (N-methyl/N-ethyl adjacent to an activating group) is 1. The van der Waals surface area contributed by atoms with Gasteiger partial charge in [-0.1, -0.05) is 42.5 Å². The Morgan fingerprint density at radius 1 is 1.00 bits per heavy atom. The monoisotopic (exact) mass is 295 g/mol. The van der Waals surface area contributed by atoms with E-state index in [-0.39, 0.29) is 11.8 Å². The number of carbonyl (C=O) groups is 2. The fraction of sp³-hybridized carbons (Fsp3) is 0.176. The highest BCUT2D eigenvalue weighted by molar-refractivity contribution is 6.10. The van der Waals surface area contributed by atoms with E-state index in [1.807, 2.05) is 30.3 Å². The van der Waals surface area contributed by atoms with Crippen LogP contribution in [-0.4, -0.2) is 29.9 Å². The zero-order valence-electron chi connectivity index (χ0n) is 12.3. The normalized spacial score (nSPS) is 18.2. The fourth-order valence-electron chi connectivity index (χ4n) is 2.63. The molecule has 2 aromatic carbocycles. The van der Waals surface area contributed by atoms with Gasteiger partial charge in [-0.3, -0.25) is 9.59 Å². The van der Waals surface area contributed by atoms with Crippen LogP contribution in [0, 0.1) is 0 Å². The zero-order chi connectivity index (χ0) is 15.7. The Hall–Kier alpha value is -2.66. The Morgan fingerprint density at radius 3 is 2.36 bits per heavy atom. The molecule has 5 heteroatoms. The van der Waals surface area contributed by atoms with Crippen molar-refractivity contribution in [2.45, 2.75) is 12.7 Å². The van der Waals surface area contributed by atoms with Crippen molar-refractivity contribution in [3.63, 3.8) is 0 Å². The number of nitrogens with two attached hydrogens (primary N) is 1. The number of rotatable bonds is 2. The van der Waals surface area contributed by atoms with Crippen LogP contribution in [0.1, 0.15) is 15.9 Å². The third-order valence-corrected chi connectivity index (χ3v) is 3.87. The molecule has 0 saturated carbocycles. The van der Waals surface area contributed by atoms with Gasteiger partial charge in [0, 0.05) is 13.6 Å². The first-order valence-corrected chi connectivity index (χ1v) is 7.06. The number of fused-ring (bicyclic) bond motifs is 1. The number of hydrogen-bond acceptors (Lipinski definition) is 3. The van der Waals surface area contributed by atoms with E-state index in [2.05, 4.69) is 0 Å². The van der Waals surface area contributed by atoms with E-state index in [0.29, 0.717) is 17.8 Å². The largest absolute Gasteiger partial charge is 0.312 e. The van der Waals surface area contributed by atoms with E-state index in [1.165, 1.54) is 9.80 Å². The summed E-state index contributed by atoms with van der Waals surface area (Å²) in [5.41, 5.74) is 8.05. The van der Waals surface area contributed by atoms with E-state index in [9.17, 15) is 9.59 Å². The topological polar surface area (TPSA) is 66.6 Å². The van der Waals surface area contributed by atoms with Crippen LogP contribution in [0.3, 0.4) is 0 Å². The predicted octanol–water partition coefficient (Wildman–Crippen LogP) is 1.59. The summed E-state index contributed by atoms with van der Waals surface area (Å²) in [5, 5.41) is 0. The van der Waals surface area contributed by atoms with Crippen molar-refractivity contribution in [3.8, 4) is 0 Å². The molecule has 22 heavy (non-hydrogen) atoms. The summed E-state index contributed by atoms with van der Waals surface area (Å²) in [7, 11) is 1.64. The summed E-state index contributed by atoms with van der Waals surface area (Å²) in [6, 6.07) is 16.6. The van der Waals surface area contributed by atoms with E-state index >= 15 is 0 Å². The van der Waals surface area contributed by atoms with Crippen LogP contribution in [-0.2, 0) is 11.3 Å². The molecule has 0 saturated heterocycles. The molecule has 2 N–H and O–H groups in total. The Balaban J connectivity index is 2.03. The van der Waals surface area contributed by atoms with E-state index in [1.54, 1.807) is 31.3 Å². The summed E-state index contributed by atoms with van der Waals surface area (Å²) in [6.07, 6.45) is -0.995. The molecule has 1 heterocycles. The van der Waals surface area contributed by atoms with Gasteiger partial charge in [0.1, 0.15) is 0 Å². The molecule has 2 aromatic rings. The van der Waals surface area contributed by atoms with Gasteiger partial charge in [-0.15, -0.1) is 0 Å². The maximum atomic E-state index is 12.8. The SMILES string of the molecule is CN1C(=O)C(N)N(Cc2ccccc2)C(=O)c2ccccc21. The Bertz CT molecular complexity index is 715.